The van der Waals surface area contributed by atoms with E-state index in [0.29, 0.717) is 23.1 Å². The van der Waals surface area contributed by atoms with Crippen molar-refractivity contribution in [2.24, 2.45) is 0 Å². The summed E-state index contributed by atoms with van der Waals surface area (Å²) in [6, 6.07) is 9.77. The summed E-state index contributed by atoms with van der Waals surface area (Å²) >= 11 is 0. The van der Waals surface area contributed by atoms with Crippen molar-refractivity contribution >= 4 is 17.0 Å². The fraction of sp³-hybridized carbons (Fsp3) is 0.133. The van der Waals surface area contributed by atoms with Crippen molar-refractivity contribution in [3.63, 3.8) is 0 Å². The maximum Gasteiger partial charge on any atom is 0.336 e. The molecule has 1 aromatic carbocycles. The Balaban J connectivity index is 2.20. The Morgan fingerprint density at radius 3 is 2.75 bits per heavy atom. The minimum Gasteiger partial charge on any atom is -0.478 e. The summed E-state index contributed by atoms with van der Waals surface area (Å²) in [4.78, 5) is 16.0. The maximum absolute atomic E-state index is 11.6. The molecule has 5 nitrogen and oxygen atoms in total. The van der Waals surface area contributed by atoms with E-state index < -0.39 is 5.97 Å². The van der Waals surface area contributed by atoms with Crippen LogP contribution >= 0.6 is 0 Å². The van der Waals surface area contributed by atoms with Crippen LogP contribution in [0.2, 0.25) is 0 Å². The van der Waals surface area contributed by atoms with Gasteiger partial charge < -0.3 is 5.11 Å². The van der Waals surface area contributed by atoms with Crippen LogP contribution in [-0.4, -0.2) is 26.3 Å². The Kier molecular flexibility index (Phi) is 2.95. The molecule has 0 saturated carbocycles. The minimum atomic E-state index is -0.951. The average Bonchev–Trinajstić information content (AvgIpc) is 2.87. The lowest BCUT2D eigenvalue weighted by atomic mass is 9.97. The molecule has 0 fully saturated rings. The third-order valence-electron chi connectivity index (χ3n) is 3.34. The number of aromatic nitrogens is 3. The van der Waals surface area contributed by atoms with Gasteiger partial charge in [-0.25, -0.2) is 9.78 Å². The van der Waals surface area contributed by atoms with Crippen molar-refractivity contribution in [1.82, 2.24) is 15.2 Å². The summed E-state index contributed by atoms with van der Waals surface area (Å²) in [5.74, 6) is -0.951. The van der Waals surface area contributed by atoms with Crippen LogP contribution in [0.5, 0.6) is 0 Å². The summed E-state index contributed by atoms with van der Waals surface area (Å²) in [5, 5.41) is 16.7. The molecule has 0 saturated heterocycles. The van der Waals surface area contributed by atoms with E-state index in [1.807, 2.05) is 37.3 Å². The number of carboxylic acid groups (broad SMARTS) is 1. The van der Waals surface area contributed by atoms with E-state index in [0.717, 1.165) is 11.1 Å². The van der Waals surface area contributed by atoms with Crippen molar-refractivity contribution in [1.29, 1.82) is 0 Å². The second-order valence-corrected chi connectivity index (χ2v) is 4.65. The number of hydrogen-bond acceptors (Lipinski definition) is 3. The van der Waals surface area contributed by atoms with Crippen LogP contribution in [0.4, 0.5) is 0 Å². The second-order valence-electron chi connectivity index (χ2n) is 4.65. The van der Waals surface area contributed by atoms with Crippen molar-refractivity contribution in [3.05, 3.63) is 58.9 Å². The van der Waals surface area contributed by atoms with Gasteiger partial charge in [0.05, 0.1) is 17.1 Å². The number of fused-ring (bicyclic) bond motifs is 1. The van der Waals surface area contributed by atoms with E-state index in [-0.39, 0.29) is 5.56 Å². The van der Waals surface area contributed by atoms with Crippen LogP contribution in [0.3, 0.4) is 0 Å². The van der Waals surface area contributed by atoms with E-state index in [4.69, 9.17) is 0 Å². The van der Waals surface area contributed by atoms with Crippen molar-refractivity contribution in [2.75, 3.05) is 0 Å². The number of benzene rings is 1. The summed E-state index contributed by atoms with van der Waals surface area (Å²) in [7, 11) is 0. The zero-order chi connectivity index (χ0) is 14.1. The molecular weight excluding hydrogens is 254 g/mol. The van der Waals surface area contributed by atoms with E-state index in [2.05, 4.69) is 15.2 Å². The summed E-state index contributed by atoms with van der Waals surface area (Å²) in [6.07, 6.45) is 2.06. The highest BCUT2D eigenvalue weighted by Gasteiger charge is 2.19. The summed E-state index contributed by atoms with van der Waals surface area (Å²) in [6.45, 7) is 1.82. The minimum absolute atomic E-state index is 0.283. The third-order valence-corrected chi connectivity index (χ3v) is 3.34. The molecule has 0 aliphatic heterocycles. The van der Waals surface area contributed by atoms with E-state index in [1.165, 1.54) is 6.20 Å². The zero-order valence-electron chi connectivity index (χ0n) is 10.9. The van der Waals surface area contributed by atoms with Gasteiger partial charge in [-0.15, -0.1) is 0 Å². The third kappa shape index (κ3) is 2.03. The number of rotatable bonds is 3. The molecule has 2 N–H and O–H groups in total. The highest BCUT2D eigenvalue weighted by Crippen LogP contribution is 2.24. The number of aromatic amines is 1. The highest BCUT2D eigenvalue weighted by atomic mass is 16.4. The van der Waals surface area contributed by atoms with Crippen LogP contribution < -0.4 is 0 Å². The molecule has 100 valence electrons. The molecular formula is C15H13N3O2. The normalized spacial score (nSPS) is 10.8. The second kappa shape index (κ2) is 4.77. The molecule has 0 amide bonds. The first kappa shape index (κ1) is 12.3. The molecule has 5 heteroatoms. The Morgan fingerprint density at radius 1 is 1.30 bits per heavy atom. The van der Waals surface area contributed by atoms with Gasteiger partial charge in [0, 0.05) is 12.1 Å². The van der Waals surface area contributed by atoms with Crippen LogP contribution in [0.15, 0.2) is 36.5 Å². The van der Waals surface area contributed by atoms with Gasteiger partial charge in [0.1, 0.15) is 0 Å². The predicted octanol–water partition coefficient (Wildman–Crippen LogP) is 2.56. The lowest BCUT2D eigenvalue weighted by Crippen LogP contribution is -2.08. The zero-order valence-corrected chi connectivity index (χ0v) is 10.9. The number of carbonyl (C=O) groups is 1. The van der Waals surface area contributed by atoms with Crippen molar-refractivity contribution in [2.45, 2.75) is 13.3 Å². The molecule has 3 aromatic rings. The van der Waals surface area contributed by atoms with E-state index >= 15 is 0 Å². The Bertz CT molecular complexity index is 778. The quantitative estimate of drug-likeness (QED) is 0.764. The number of H-pyrrole nitrogens is 1. The fourth-order valence-electron chi connectivity index (χ4n) is 2.39. The fourth-order valence-corrected chi connectivity index (χ4v) is 2.39. The predicted molar refractivity (Wildman–Crippen MR) is 74.8 cm³/mol. The standard InChI is InChI=1S/C15H13N3O2/c1-9-11(7-10-5-3-2-4-6-10)13(15(19)20)12-8-16-18-14(12)17-9/h2-6,8H,7H2,1H3,(H,19,20)(H,16,17,18). The smallest absolute Gasteiger partial charge is 0.336 e. The summed E-state index contributed by atoms with van der Waals surface area (Å²) in [5.41, 5.74) is 3.30. The summed E-state index contributed by atoms with van der Waals surface area (Å²) < 4.78 is 0. The molecule has 0 aliphatic rings. The Morgan fingerprint density at radius 2 is 2.05 bits per heavy atom. The van der Waals surface area contributed by atoms with Gasteiger partial charge in [0.2, 0.25) is 0 Å². The molecule has 0 atom stereocenters. The first-order valence-electron chi connectivity index (χ1n) is 6.26. The van der Waals surface area contributed by atoms with Crippen LogP contribution in [0, 0.1) is 6.92 Å². The lowest BCUT2D eigenvalue weighted by Gasteiger charge is -2.10. The molecule has 0 spiro atoms. The first-order chi connectivity index (χ1) is 9.66. The molecule has 2 heterocycles. The first-order valence-corrected chi connectivity index (χ1v) is 6.26. The molecule has 3 rings (SSSR count). The number of aromatic carboxylic acids is 1. The van der Waals surface area contributed by atoms with Gasteiger partial charge in [-0.1, -0.05) is 30.3 Å². The van der Waals surface area contributed by atoms with Gasteiger partial charge in [-0.3, -0.25) is 5.10 Å². The lowest BCUT2D eigenvalue weighted by molar-refractivity contribution is 0.0698. The number of carboxylic acids is 1. The van der Waals surface area contributed by atoms with Gasteiger partial charge in [-0.2, -0.15) is 5.10 Å². The number of nitrogens with zero attached hydrogens (tertiary/aromatic N) is 2. The van der Waals surface area contributed by atoms with Gasteiger partial charge in [-0.05, 0) is 18.1 Å². The molecule has 0 bridgehead atoms. The number of pyridine rings is 1. The van der Waals surface area contributed by atoms with Gasteiger partial charge >= 0.3 is 5.97 Å². The van der Waals surface area contributed by atoms with Crippen LogP contribution in [0.1, 0.15) is 27.2 Å². The van der Waals surface area contributed by atoms with E-state index in [9.17, 15) is 9.90 Å². The van der Waals surface area contributed by atoms with Crippen molar-refractivity contribution in [3.8, 4) is 0 Å². The number of aryl methyl sites for hydroxylation is 1. The number of hydrogen-bond donors (Lipinski definition) is 2. The molecule has 0 unspecified atom stereocenters. The SMILES string of the molecule is Cc1nc2[nH]ncc2c(C(=O)O)c1Cc1ccccc1. The topological polar surface area (TPSA) is 78.9 Å². The Hall–Kier alpha value is -2.69. The van der Waals surface area contributed by atoms with Crippen molar-refractivity contribution < 1.29 is 9.90 Å². The van der Waals surface area contributed by atoms with Gasteiger partial charge in [0.15, 0.2) is 5.65 Å². The molecule has 0 aliphatic carbocycles. The molecule has 0 radical (unpaired) electrons. The molecule has 2 aromatic heterocycles. The average molecular weight is 267 g/mol. The van der Waals surface area contributed by atoms with Crippen LogP contribution in [-0.2, 0) is 6.42 Å². The Labute approximate surface area is 115 Å². The monoisotopic (exact) mass is 267 g/mol. The maximum atomic E-state index is 11.6. The highest BCUT2D eigenvalue weighted by molar-refractivity contribution is 6.03. The van der Waals surface area contributed by atoms with E-state index in [1.54, 1.807) is 0 Å². The van der Waals surface area contributed by atoms with Crippen LogP contribution in [0.25, 0.3) is 11.0 Å². The molecule has 20 heavy (non-hydrogen) atoms. The number of nitrogens with one attached hydrogen (secondary N) is 1. The largest absolute Gasteiger partial charge is 0.478 e. The van der Waals surface area contributed by atoms with Gasteiger partial charge in [0.25, 0.3) is 0 Å².